The van der Waals surface area contributed by atoms with Gasteiger partial charge in [0.1, 0.15) is 5.56 Å². The molecule has 1 N–H and O–H groups in total. The Balaban J connectivity index is 1.85. The smallest absolute Gasteiger partial charge is 0.286 e. The van der Waals surface area contributed by atoms with E-state index in [1.165, 1.54) is 19.2 Å². The van der Waals surface area contributed by atoms with Gasteiger partial charge >= 0.3 is 0 Å². The van der Waals surface area contributed by atoms with Crippen molar-refractivity contribution in [2.75, 3.05) is 46.6 Å². The zero-order chi connectivity index (χ0) is 23.1. The lowest BCUT2D eigenvalue weighted by Crippen LogP contribution is -2.43. The molecule has 10 heteroatoms. The van der Waals surface area contributed by atoms with Gasteiger partial charge in [0.15, 0.2) is 11.5 Å². The summed E-state index contributed by atoms with van der Waals surface area (Å²) in [7, 11) is 1.39. The Kier molecular flexibility index (Phi) is 8.26. The first-order chi connectivity index (χ1) is 15.4. The molecule has 172 valence electrons. The number of hydrogen-bond donors (Lipinski definition) is 1. The van der Waals surface area contributed by atoms with E-state index in [9.17, 15) is 14.9 Å². The number of amides is 1. The number of morpholine rings is 1. The summed E-state index contributed by atoms with van der Waals surface area (Å²) >= 11 is 6.03. The summed E-state index contributed by atoms with van der Waals surface area (Å²) in [5.74, 6) is -0.0943. The van der Waals surface area contributed by atoms with Crippen molar-refractivity contribution in [2.24, 2.45) is 0 Å². The standard InChI is InChI=1S/C22H26ClN3O6/c1-3-32-21-12-17(18(26(28)29)13-20(21)30-2)22(27)24-14-19(25-8-10-31-11-9-25)15-4-6-16(23)7-5-15/h4-7,12-13,19H,3,8-11,14H2,1-2H3,(H,24,27). The molecule has 2 aromatic carbocycles. The number of carbonyl (C=O) groups is 1. The number of hydrogen-bond acceptors (Lipinski definition) is 7. The van der Waals surface area contributed by atoms with Gasteiger partial charge in [0.05, 0.1) is 44.0 Å². The minimum atomic E-state index is -0.605. The minimum Gasteiger partial charge on any atom is -0.493 e. The molecule has 1 atom stereocenters. The first kappa shape index (κ1) is 23.8. The van der Waals surface area contributed by atoms with Gasteiger partial charge in [0.25, 0.3) is 11.6 Å². The number of methoxy groups -OCH3 is 1. The highest BCUT2D eigenvalue weighted by Crippen LogP contribution is 2.35. The SMILES string of the molecule is CCOc1cc(C(=O)NCC(c2ccc(Cl)cc2)N2CCOCC2)c([N+](=O)[O-])cc1OC. The predicted octanol–water partition coefficient (Wildman–Crippen LogP) is 3.46. The van der Waals surface area contributed by atoms with Gasteiger partial charge in [-0.25, -0.2) is 0 Å². The minimum absolute atomic E-state index is 0.0870. The lowest BCUT2D eigenvalue weighted by molar-refractivity contribution is -0.385. The molecule has 2 aromatic rings. The van der Waals surface area contributed by atoms with Crippen molar-refractivity contribution in [1.29, 1.82) is 0 Å². The fourth-order valence-electron chi connectivity index (χ4n) is 3.63. The van der Waals surface area contributed by atoms with Crippen LogP contribution >= 0.6 is 11.6 Å². The second kappa shape index (κ2) is 11.1. The molecule has 1 aliphatic rings. The van der Waals surface area contributed by atoms with Crippen LogP contribution in [0.4, 0.5) is 5.69 Å². The molecule has 0 saturated carbocycles. The number of rotatable bonds is 9. The summed E-state index contributed by atoms with van der Waals surface area (Å²) in [6, 6.07) is 9.85. The molecule has 0 spiro atoms. The topological polar surface area (TPSA) is 103 Å². The summed E-state index contributed by atoms with van der Waals surface area (Å²) in [6.07, 6.45) is 0. The number of ether oxygens (including phenoxy) is 3. The molecule has 3 rings (SSSR count). The zero-order valence-electron chi connectivity index (χ0n) is 18.0. The number of nitrogens with zero attached hydrogens (tertiary/aromatic N) is 2. The van der Waals surface area contributed by atoms with E-state index in [4.69, 9.17) is 25.8 Å². The second-order valence-electron chi connectivity index (χ2n) is 7.14. The maximum absolute atomic E-state index is 13.0. The fourth-order valence-corrected chi connectivity index (χ4v) is 3.75. The normalized spacial score (nSPS) is 15.1. The third-order valence-corrected chi connectivity index (χ3v) is 5.47. The highest BCUT2D eigenvalue weighted by Gasteiger charge is 2.27. The Morgan fingerprint density at radius 2 is 1.94 bits per heavy atom. The van der Waals surface area contributed by atoms with Crippen LogP contribution in [0.3, 0.4) is 0 Å². The number of nitro benzene ring substituents is 1. The summed E-state index contributed by atoms with van der Waals surface area (Å²) in [6.45, 7) is 4.97. The van der Waals surface area contributed by atoms with Crippen molar-refractivity contribution in [3.8, 4) is 11.5 Å². The van der Waals surface area contributed by atoms with Crippen molar-refractivity contribution in [2.45, 2.75) is 13.0 Å². The van der Waals surface area contributed by atoms with Crippen LogP contribution in [0.1, 0.15) is 28.9 Å². The fraction of sp³-hybridized carbons (Fsp3) is 0.409. The molecule has 0 radical (unpaired) electrons. The first-order valence-electron chi connectivity index (χ1n) is 10.3. The van der Waals surface area contributed by atoms with E-state index in [0.717, 1.165) is 5.56 Å². The van der Waals surface area contributed by atoms with Gasteiger partial charge in [-0.2, -0.15) is 0 Å². The highest BCUT2D eigenvalue weighted by atomic mass is 35.5. The van der Waals surface area contributed by atoms with Crippen LogP contribution < -0.4 is 14.8 Å². The molecule has 1 aliphatic heterocycles. The van der Waals surface area contributed by atoms with Crippen LogP contribution in [0.25, 0.3) is 0 Å². The quantitative estimate of drug-likeness (QED) is 0.448. The van der Waals surface area contributed by atoms with Gasteiger partial charge in [-0.15, -0.1) is 0 Å². The maximum atomic E-state index is 13.0. The molecule has 1 amide bonds. The molecule has 1 saturated heterocycles. The Bertz CT molecular complexity index is 947. The lowest BCUT2D eigenvalue weighted by Gasteiger charge is -2.35. The van der Waals surface area contributed by atoms with Gasteiger partial charge in [-0.3, -0.25) is 19.8 Å². The van der Waals surface area contributed by atoms with E-state index in [2.05, 4.69) is 10.2 Å². The zero-order valence-corrected chi connectivity index (χ0v) is 18.8. The van der Waals surface area contributed by atoms with Gasteiger partial charge < -0.3 is 19.5 Å². The van der Waals surface area contributed by atoms with E-state index >= 15 is 0 Å². The van der Waals surface area contributed by atoms with Crippen molar-refractivity contribution < 1.29 is 23.9 Å². The molecule has 0 aromatic heterocycles. The van der Waals surface area contributed by atoms with Crippen molar-refractivity contribution >= 4 is 23.2 Å². The molecule has 1 fully saturated rings. The van der Waals surface area contributed by atoms with E-state index in [-0.39, 0.29) is 35.3 Å². The third-order valence-electron chi connectivity index (χ3n) is 5.22. The number of halogens is 1. The van der Waals surface area contributed by atoms with Crippen LogP contribution in [0.15, 0.2) is 36.4 Å². The molecule has 1 heterocycles. The number of benzene rings is 2. The van der Waals surface area contributed by atoms with Crippen molar-refractivity contribution in [1.82, 2.24) is 10.2 Å². The largest absolute Gasteiger partial charge is 0.493 e. The second-order valence-corrected chi connectivity index (χ2v) is 7.57. The number of carbonyl (C=O) groups excluding carboxylic acids is 1. The molecule has 9 nitrogen and oxygen atoms in total. The van der Waals surface area contributed by atoms with Crippen LogP contribution in [0.2, 0.25) is 5.02 Å². The highest BCUT2D eigenvalue weighted by molar-refractivity contribution is 6.30. The van der Waals surface area contributed by atoms with Crippen LogP contribution in [-0.2, 0) is 4.74 Å². The Morgan fingerprint density at radius 3 is 2.53 bits per heavy atom. The average Bonchev–Trinajstić information content (AvgIpc) is 2.80. The first-order valence-corrected chi connectivity index (χ1v) is 10.7. The molecular formula is C22H26ClN3O6. The molecule has 0 bridgehead atoms. The number of nitro groups is 1. The van der Waals surface area contributed by atoms with E-state index in [1.807, 2.05) is 12.1 Å². The molecule has 0 aliphatic carbocycles. The van der Waals surface area contributed by atoms with Gasteiger partial charge in [-0.1, -0.05) is 23.7 Å². The monoisotopic (exact) mass is 463 g/mol. The summed E-state index contributed by atoms with van der Waals surface area (Å²) < 4.78 is 16.1. The Labute approximate surface area is 191 Å². The Hall–Kier alpha value is -2.88. The van der Waals surface area contributed by atoms with Crippen LogP contribution in [0, 0.1) is 10.1 Å². The van der Waals surface area contributed by atoms with Crippen LogP contribution in [0.5, 0.6) is 11.5 Å². The van der Waals surface area contributed by atoms with Gasteiger partial charge in [0.2, 0.25) is 0 Å². The van der Waals surface area contributed by atoms with Gasteiger partial charge in [0, 0.05) is 30.7 Å². The summed E-state index contributed by atoms with van der Waals surface area (Å²) in [5.41, 5.74) is 0.545. The third kappa shape index (κ3) is 5.67. The summed E-state index contributed by atoms with van der Waals surface area (Å²) in [5, 5.41) is 15.1. The molecular weight excluding hydrogens is 438 g/mol. The van der Waals surface area contributed by atoms with E-state index in [0.29, 0.717) is 37.9 Å². The van der Waals surface area contributed by atoms with E-state index in [1.54, 1.807) is 19.1 Å². The van der Waals surface area contributed by atoms with Crippen LogP contribution in [-0.4, -0.2) is 62.3 Å². The molecule has 32 heavy (non-hydrogen) atoms. The maximum Gasteiger partial charge on any atom is 0.286 e. The molecule has 1 unspecified atom stereocenters. The van der Waals surface area contributed by atoms with Crippen molar-refractivity contribution in [3.63, 3.8) is 0 Å². The Morgan fingerprint density at radius 1 is 1.25 bits per heavy atom. The number of nitrogens with one attached hydrogen (secondary N) is 1. The van der Waals surface area contributed by atoms with Crippen molar-refractivity contribution in [3.05, 3.63) is 62.7 Å². The van der Waals surface area contributed by atoms with Gasteiger partial charge in [-0.05, 0) is 24.6 Å². The predicted molar refractivity (Wildman–Crippen MR) is 120 cm³/mol. The average molecular weight is 464 g/mol. The summed E-state index contributed by atoms with van der Waals surface area (Å²) in [4.78, 5) is 26.2. The van der Waals surface area contributed by atoms with E-state index < -0.39 is 10.8 Å². The lowest BCUT2D eigenvalue weighted by atomic mass is 10.0.